The smallest absolute Gasteiger partial charge is 0.338 e. The van der Waals surface area contributed by atoms with Gasteiger partial charge in [-0.3, -0.25) is 10.1 Å². The Labute approximate surface area is 206 Å². The molecule has 3 aromatic rings. The van der Waals surface area contributed by atoms with Crippen molar-refractivity contribution in [3.63, 3.8) is 0 Å². The Bertz CT molecular complexity index is 1440. The van der Waals surface area contributed by atoms with Gasteiger partial charge in [-0.2, -0.15) is 4.31 Å². The third-order valence-corrected chi connectivity index (χ3v) is 7.93. The highest BCUT2D eigenvalue weighted by Crippen LogP contribution is 2.31. The summed E-state index contributed by atoms with van der Waals surface area (Å²) in [6.07, 6.45) is 0. The van der Waals surface area contributed by atoms with Crippen LogP contribution in [0.3, 0.4) is 0 Å². The summed E-state index contributed by atoms with van der Waals surface area (Å²) in [5, 5.41) is 2.08. The van der Waals surface area contributed by atoms with Crippen LogP contribution in [-0.2, 0) is 24.3 Å². The van der Waals surface area contributed by atoms with E-state index in [9.17, 15) is 31.2 Å². The quantitative estimate of drug-likeness (QED) is 0.355. The van der Waals surface area contributed by atoms with Gasteiger partial charge in [-0.05, 0) is 24.3 Å². The lowest BCUT2D eigenvalue weighted by molar-refractivity contribution is -0.119. The molecule has 0 unspecified atom stereocenters. The van der Waals surface area contributed by atoms with Gasteiger partial charge < -0.3 is 14.2 Å². The maximum absolute atomic E-state index is 13.8. The van der Waals surface area contributed by atoms with Crippen LogP contribution < -0.4 is 10.1 Å². The van der Waals surface area contributed by atoms with Crippen LogP contribution in [0.4, 0.5) is 18.3 Å². The Morgan fingerprint density at radius 2 is 1.89 bits per heavy atom. The number of morpholine rings is 1. The van der Waals surface area contributed by atoms with Crippen molar-refractivity contribution < 1.29 is 45.4 Å². The van der Waals surface area contributed by atoms with E-state index in [1.807, 2.05) is 0 Å². The molecule has 4 rings (SSSR count). The third-order valence-electron chi connectivity index (χ3n) is 5.09. The van der Waals surface area contributed by atoms with Crippen LogP contribution in [-0.4, -0.2) is 69.6 Å². The average Bonchev–Trinajstić information content (AvgIpc) is 3.28. The zero-order chi connectivity index (χ0) is 26.0. The maximum atomic E-state index is 13.8. The van der Waals surface area contributed by atoms with Gasteiger partial charge in [0.2, 0.25) is 10.0 Å². The van der Waals surface area contributed by atoms with Crippen LogP contribution in [0.25, 0.3) is 10.2 Å². The first-order chi connectivity index (χ1) is 17.1. The van der Waals surface area contributed by atoms with Gasteiger partial charge in [-0.1, -0.05) is 11.3 Å². The summed E-state index contributed by atoms with van der Waals surface area (Å²) in [5.74, 6) is -6.41. The van der Waals surface area contributed by atoms with Crippen molar-refractivity contribution >= 4 is 48.6 Å². The number of amides is 1. The van der Waals surface area contributed by atoms with Crippen molar-refractivity contribution in [2.45, 2.75) is 4.90 Å². The molecule has 0 atom stereocenters. The number of benzene rings is 2. The third kappa shape index (κ3) is 5.13. The molecule has 1 aromatic heterocycles. The fourth-order valence-corrected chi connectivity index (χ4v) is 5.82. The van der Waals surface area contributed by atoms with E-state index in [4.69, 9.17) is 14.2 Å². The van der Waals surface area contributed by atoms with Crippen LogP contribution >= 0.6 is 11.3 Å². The van der Waals surface area contributed by atoms with Gasteiger partial charge in [0, 0.05) is 13.1 Å². The van der Waals surface area contributed by atoms with Crippen molar-refractivity contribution in [2.24, 2.45) is 0 Å². The summed E-state index contributed by atoms with van der Waals surface area (Å²) in [6, 6.07) is 4.39. The zero-order valence-electron chi connectivity index (χ0n) is 18.5. The first-order valence-corrected chi connectivity index (χ1v) is 12.5. The SMILES string of the molecule is COc1ccc(C(=O)OCC(=O)Nc2nc3c(F)c(F)c(F)cc3s2)cc1S(=O)(=O)N1CCOCC1. The molecule has 0 aliphatic carbocycles. The van der Waals surface area contributed by atoms with E-state index in [0.29, 0.717) is 11.3 Å². The lowest BCUT2D eigenvalue weighted by Gasteiger charge is -2.26. The number of aromatic nitrogens is 1. The summed E-state index contributed by atoms with van der Waals surface area (Å²) in [6.45, 7) is -0.0742. The number of halogens is 3. The van der Waals surface area contributed by atoms with Gasteiger partial charge in [0.15, 0.2) is 29.2 Å². The molecule has 192 valence electrons. The minimum atomic E-state index is -4.00. The van der Waals surface area contributed by atoms with E-state index >= 15 is 0 Å². The molecule has 15 heteroatoms. The number of methoxy groups -OCH3 is 1. The molecule has 10 nitrogen and oxygen atoms in total. The highest BCUT2D eigenvalue weighted by atomic mass is 32.2. The summed E-state index contributed by atoms with van der Waals surface area (Å²) < 4.78 is 83.1. The summed E-state index contributed by atoms with van der Waals surface area (Å²) in [7, 11) is -2.72. The number of esters is 1. The fraction of sp³-hybridized carbons (Fsp3) is 0.286. The number of hydrogen-bond donors (Lipinski definition) is 1. The van der Waals surface area contributed by atoms with Crippen molar-refractivity contribution in [2.75, 3.05) is 45.3 Å². The molecule has 2 aromatic carbocycles. The second-order valence-corrected chi connectivity index (χ2v) is 10.3. The number of nitrogens with one attached hydrogen (secondary N) is 1. The van der Waals surface area contributed by atoms with Gasteiger partial charge in [0.05, 0.1) is 30.6 Å². The van der Waals surface area contributed by atoms with Crippen molar-refractivity contribution in [1.82, 2.24) is 9.29 Å². The molecular formula is C21H18F3N3O7S2. The van der Waals surface area contributed by atoms with E-state index in [1.165, 1.54) is 23.5 Å². The predicted octanol–water partition coefficient (Wildman–Crippen LogP) is 2.54. The molecule has 1 amide bonds. The second kappa shape index (κ2) is 10.4. The molecule has 2 heterocycles. The highest BCUT2D eigenvalue weighted by molar-refractivity contribution is 7.89. The Hall–Kier alpha value is -3.27. The topological polar surface area (TPSA) is 124 Å². The van der Waals surface area contributed by atoms with Crippen molar-refractivity contribution in [1.29, 1.82) is 0 Å². The van der Waals surface area contributed by atoms with Crippen LogP contribution in [0.5, 0.6) is 5.75 Å². The minimum Gasteiger partial charge on any atom is -0.495 e. The Balaban J connectivity index is 1.45. The normalized spacial score (nSPS) is 14.6. The standard InChI is InChI=1S/C21H18F3N3O7S2/c1-32-13-3-2-11(8-15(13)36(30,31)27-4-6-33-7-5-27)20(29)34-10-16(28)25-21-26-19-14(35-21)9-12(22)17(23)18(19)24/h2-3,8-9H,4-7,10H2,1H3,(H,25,26,28). The van der Waals surface area contributed by atoms with Crippen LogP contribution in [0, 0.1) is 17.5 Å². The molecule has 0 saturated carbocycles. The largest absolute Gasteiger partial charge is 0.495 e. The van der Waals surface area contributed by atoms with Gasteiger partial charge in [0.1, 0.15) is 16.2 Å². The molecule has 0 radical (unpaired) electrons. The molecule has 1 aliphatic rings. The van der Waals surface area contributed by atoms with E-state index in [0.717, 1.165) is 12.1 Å². The number of anilines is 1. The zero-order valence-corrected chi connectivity index (χ0v) is 20.2. The molecule has 1 saturated heterocycles. The highest BCUT2D eigenvalue weighted by Gasteiger charge is 2.30. The second-order valence-electron chi connectivity index (χ2n) is 7.36. The lowest BCUT2D eigenvalue weighted by atomic mass is 10.2. The molecule has 1 aliphatic heterocycles. The molecular weight excluding hydrogens is 527 g/mol. The monoisotopic (exact) mass is 545 g/mol. The first kappa shape index (κ1) is 25.8. The van der Waals surface area contributed by atoms with Crippen LogP contribution in [0.1, 0.15) is 10.4 Å². The van der Waals surface area contributed by atoms with Crippen LogP contribution in [0.15, 0.2) is 29.2 Å². The minimum absolute atomic E-state index is 0.0201. The lowest BCUT2D eigenvalue weighted by Crippen LogP contribution is -2.40. The molecule has 36 heavy (non-hydrogen) atoms. The fourth-order valence-electron chi connectivity index (χ4n) is 3.33. The van der Waals surface area contributed by atoms with Crippen molar-refractivity contribution in [3.8, 4) is 5.75 Å². The summed E-state index contributed by atoms with van der Waals surface area (Å²) >= 11 is 0.691. The summed E-state index contributed by atoms with van der Waals surface area (Å²) in [4.78, 5) is 28.1. The maximum Gasteiger partial charge on any atom is 0.338 e. The number of hydrogen-bond acceptors (Lipinski definition) is 9. The molecule has 1 N–H and O–H groups in total. The molecule has 1 fully saturated rings. The number of fused-ring (bicyclic) bond motifs is 1. The first-order valence-electron chi connectivity index (χ1n) is 10.3. The number of thiazole rings is 1. The van der Waals surface area contributed by atoms with E-state index in [1.54, 1.807) is 0 Å². The number of ether oxygens (including phenoxy) is 3. The Morgan fingerprint density at radius 1 is 1.17 bits per heavy atom. The number of carbonyl (C=O) groups excluding carboxylic acids is 2. The van der Waals surface area contributed by atoms with E-state index in [-0.39, 0.29) is 52.3 Å². The number of nitrogens with zero attached hydrogens (tertiary/aromatic N) is 2. The van der Waals surface area contributed by atoms with Gasteiger partial charge in [-0.15, -0.1) is 0 Å². The number of carbonyl (C=O) groups is 2. The van der Waals surface area contributed by atoms with Crippen molar-refractivity contribution in [3.05, 3.63) is 47.3 Å². The van der Waals surface area contributed by atoms with Crippen LogP contribution in [0.2, 0.25) is 0 Å². The summed E-state index contributed by atoms with van der Waals surface area (Å²) in [5.41, 5.74) is -0.609. The van der Waals surface area contributed by atoms with Gasteiger partial charge in [-0.25, -0.2) is 31.4 Å². The average molecular weight is 546 g/mol. The number of rotatable bonds is 7. The molecule has 0 bridgehead atoms. The van der Waals surface area contributed by atoms with Gasteiger partial charge in [0.25, 0.3) is 5.91 Å². The van der Waals surface area contributed by atoms with Gasteiger partial charge >= 0.3 is 5.97 Å². The Kier molecular flexibility index (Phi) is 7.44. The Morgan fingerprint density at radius 3 is 2.58 bits per heavy atom. The number of sulfonamides is 1. The van der Waals surface area contributed by atoms with E-state index < -0.39 is 51.5 Å². The predicted molar refractivity (Wildman–Crippen MR) is 121 cm³/mol. The molecule has 0 spiro atoms. The van der Waals surface area contributed by atoms with E-state index in [2.05, 4.69) is 10.3 Å².